The molecule has 0 aromatic heterocycles. The molecule has 0 radical (unpaired) electrons. The van der Waals surface area contributed by atoms with Gasteiger partial charge in [0.2, 0.25) is 0 Å². The van der Waals surface area contributed by atoms with Crippen LogP contribution in [0.2, 0.25) is 0 Å². The normalized spacial score (nSPS) is 12.8. The Balaban J connectivity index is 4.29. The maximum atomic E-state index is 12.7. The van der Waals surface area contributed by atoms with Crippen molar-refractivity contribution in [3.05, 3.63) is 72.9 Å². The molecule has 0 amide bonds. The second kappa shape index (κ2) is 46.7. The number of hydrogen-bond acceptors (Lipinski definition) is 5. The number of ether oxygens (including phenoxy) is 3. The summed E-state index contributed by atoms with van der Waals surface area (Å²) in [6.07, 6.45) is 59.2. The van der Waals surface area contributed by atoms with Gasteiger partial charge >= 0.3 is 11.9 Å². The number of rotatable bonds is 42. The van der Waals surface area contributed by atoms with Gasteiger partial charge in [0, 0.05) is 19.4 Å². The van der Waals surface area contributed by atoms with Crippen LogP contribution in [0.4, 0.5) is 0 Å². The fourth-order valence-corrected chi connectivity index (χ4v) is 6.26. The van der Waals surface area contributed by atoms with Crippen molar-refractivity contribution >= 4 is 11.9 Å². The molecule has 0 saturated carbocycles. The number of allylic oxidation sites excluding steroid dienone is 12. The standard InChI is InChI=1S/C51H88O5/c1-4-7-10-13-16-19-21-23-24-25-26-27-29-31-34-37-40-43-46-54-47-49(56-51(53)45-42-39-36-32-18-15-12-9-6-3)48-55-50(52)44-41-38-35-33-30-28-22-20-17-14-11-8-5-2/h8,11,16-17,19-20,23-24,28,30,35,38,49H,4-7,9-10,12-15,18,21-22,25-27,29,31-34,36-37,39-48H2,1-3H3/b11-8-,19-16-,20-17-,24-23-,30-28-,38-35-. The quantitative estimate of drug-likeness (QED) is 0.0351. The number of hydrogen-bond donors (Lipinski definition) is 0. The first-order valence-electron chi connectivity index (χ1n) is 23.5. The maximum Gasteiger partial charge on any atom is 0.306 e. The molecule has 0 fully saturated rings. The van der Waals surface area contributed by atoms with Crippen molar-refractivity contribution < 1.29 is 23.8 Å². The van der Waals surface area contributed by atoms with Crippen molar-refractivity contribution in [2.45, 2.75) is 219 Å². The third kappa shape index (κ3) is 44.1. The SMILES string of the molecule is CC/C=C\C/C=C\C/C=C\C/C=C\CCC(=O)OCC(COCCCCCCCCCC/C=C\C/C=C\CCCCC)OC(=O)CCCCCCCCCCC. The Morgan fingerprint density at radius 2 is 0.839 bits per heavy atom. The van der Waals surface area contributed by atoms with Crippen LogP contribution in [0.25, 0.3) is 0 Å². The van der Waals surface area contributed by atoms with Gasteiger partial charge in [-0.2, -0.15) is 0 Å². The van der Waals surface area contributed by atoms with E-state index in [1.807, 2.05) is 6.08 Å². The minimum absolute atomic E-state index is 0.0442. The lowest BCUT2D eigenvalue weighted by Gasteiger charge is -2.18. The molecule has 56 heavy (non-hydrogen) atoms. The summed E-state index contributed by atoms with van der Waals surface area (Å²) in [5.74, 6) is -0.497. The van der Waals surface area contributed by atoms with Gasteiger partial charge in [0.1, 0.15) is 6.61 Å². The highest BCUT2D eigenvalue weighted by molar-refractivity contribution is 5.70. The largest absolute Gasteiger partial charge is 0.462 e. The molecule has 0 rings (SSSR count). The highest BCUT2D eigenvalue weighted by Crippen LogP contribution is 2.13. The van der Waals surface area contributed by atoms with Gasteiger partial charge in [-0.15, -0.1) is 0 Å². The van der Waals surface area contributed by atoms with Gasteiger partial charge in [-0.3, -0.25) is 9.59 Å². The van der Waals surface area contributed by atoms with E-state index in [0.717, 1.165) is 64.2 Å². The Hall–Kier alpha value is -2.66. The summed E-state index contributed by atoms with van der Waals surface area (Å²) in [5, 5.41) is 0. The van der Waals surface area contributed by atoms with Gasteiger partial charge in [0.05, 0.1) is 6.61 Å². The molecule has 5 nitrogen and oxygen atoms in total. The van der Waals surface area contributed by atoms with Crippen molar-refractivity contribution in [2.24, 2.45) is 0 Å². The summed E-state index contributed by atoms with van der Waals surface area (Å²) in [7, 11) is 0. The van der Waals surface area contributed by atoms with Crippen molar-refractivity contribution in [3.63, 3.8) is 0 Å². The van der Waals surface area contributed by atoms with Crippen LogP contribution in [0.3, 0.4) is 0 Å². The fraction of sp³-hybridized carbons (Fsp3) is 0.725. The Morgan fingerprint density at radius 1 is 0.411 bits per heavy atom. The molecule has 0 saturated heterocycles. The first kappa shape index (κ1) is 53.3. The van der Waals surface area contributed by atoms with Crippen LogP contribution >= 0.6 is 0 Å². The van der Waals surface area contributed by atoms with Crippen molar-refractivity contribution in [2.75, 3.05) is 19.8 Å². The minimum Gasteiger partial charge on any atom is -0.462 e. The zero-order valence-electron chi connectivity index (χ0n) is 36.9. The van der Waals surface area contributed by atoms with Gasteiger partial charge in [0.25, 0.3) is 0 Å². The first-order valence-corrected chi connectivity index (χ1v) is 23.5. The minimum atomic E-state index is -0.565. The molecule has 0 aliphatic carbocycles. The van der Waals surface area contributed by atoms with E-state index in [9.17, 15) is 9.59 Å². The summed E-state index contributed by atoms with van der Waals surface area (Å²) in [6.45, 7) is 7.58. The van der Waals surface area contributed by atoms with Crippen molar-refractivity contribution in [1.29, 1.82) is 0 Å². The molecule has 0 aliphatic rings. The van der Waals surface area contributed by atoms with E-state index in [0.29, 0.717) is 25.9 Å². The van der Waals surface area contributed by atoms with E-state index in [1.165, 1.54) is 109 Å². The number of unbranched alkanes of at least 4 members (excludes halogenated alkanes) is 19. The predicted octanol–water partition coefficient (Wildman–Crippen LogP) is 15.6. The van der Waals surface area contributed by atoms with Crippen LogP contribution < -0.4 is 0 Å². The summed E-state index contributed by atoms with van der Waals surface area (Å²) >= 11 is 0. The number of carbonyl (C=O) groups excluding carboxylic acids is 2. The summed E-state index contributed by atoms with van der Waals surface area (Å²) in [5.41, 5.74) is 0. The molecule has 0 spiro atoms. The first-order chi connectivity index (χ1) is 27.6. The maximum absolute atomic E-state index is 12.7. The van der Waals surface area contributed by atoms with E-state index in [4.69, 9.17) is 14.2 Å². The van der Waals surface area contributed by atoms with E-state index in [-0.39, 0.29) is 25.2 Å². The molecule has 5 heteroatoms. The molecule has 0 aromatic rings. The third-order valence-corrected chi connectivity index (χ3v) is 9.74. The van der Waals surface area contributed by atoms with E-state index >= 15 is 0 Å². The van der Waals surface area contributed by atoms with Crippen LogP contribution in [-0.2, 0) is 23.8 Å². The molecule has 0 bridgehead atoms. The Labute approximate surface area is 347 Å². The summed E-state index contributed by atoms with van der Waals surface area (Å²) in [6, 6.07) is 0. The second-order valence-electron chi connectivity index (χ2n) is 15.3. The van der Waals surface area contributed by atoms with Gasteiger partial charge < -0.3 is 14.2 Å². The highest BCUT2D eigenvalue weighted by Gasteiger charge is 2.17. The molecule has 0 aromatic carbocycles. The third-order valence-electron chi connectivity index (χ3n) is 9.74. The lowest BCUT2D eigenvalue weighted by atomic mass is 10.1. The molecule has 322 valence electrons. The smallest absolute Gasteiger partial charge is 0.306 e. The molecule has 1 atom stereocenters. The molecule has 0 heterocycles. The Morgan fingerprint density at radius 3 is 1.39 bits per heavy atom. The average molecular weight is 781 g/mol. The Kier molecular flexibility index (Phi) is 44.5. The molecular weight excluding hydrogens is 693 g/mol. The zero-order chi connectivity index (χ0) is 40.7. The highest BCUT2D eigenvalue weighted by atomic mass is 16.6. The summed E-state index contributed by atoms with van der Waals surface area (Å²) in [4.78, 5) is 25.2. The van der Waals surface area contributed by atoms with Gasteiger partial charge in [-0.25, -0.2) is 0 Å². The lowest BCUT2D eigenvalue weighted by molar-refractivity contribution is -0.162. The molecule has 0 aliphatic heterocycles. The van der Waals surface area contributed by atoms with Gasteiger partial charge in [-0.1, -0.05) is 196 Å². The molecular formula is C51H88O5. The van der Waals surface area contributed by atoms with Crippen LogP contribution in [0, 0.1) is 0 Å². The average Bonchev–Trinajstić information content (AvgIpc) is 3.20. The second-order valence-corrected chi connectivity index (χ2v) is 15.3. The van der Waals surface area contributed by atoms with Crippen LogP contribution in [0.15, 0.2) is 72.9 Å². The van der Waals surface area contributed by atoms with E-state index in [2.05, 4.69) is 87.6 Å². The van der Waals surface area contributed by atoms with Crippen LogP contribution in [0.5, 0.6) is 0 Å². The summed E-state index contributed by atoms with van der Waals surface area (Å²) < 4.78 is 17.2. The Bertz CT molecular complexity index is 1020. The number of carbonyl (C=O) groups is 2. The molecule has 1 unspecified atom stereocenters. The van der Waals surface area contributed by atoms with Crippen LogP contribution in [0.1, 0.15) is 213 Å². The van der Waals surface area contributed by atoms with Crippen molar-refractivity contribution in [1.82, 2.24) is 0 Å². The van der Waals surface area contributed by atoms with Crippen molar-refractivity contribution in [3.8, 4) is 0 Å². The lowest BCUT2D eigenvalue weighted by Crippen LogP contribution is -2.30. The van der Waals surface area contributed by atoms with Gasteiger partial charge in [0.15, 0.2) is 6.10 Å². The molecule has 0 N–H and O–H groups in total. The predicted molar refractivity (Wildman–Crippen MR) is 242 cm³/mol. The fourth-order valence-electron chi connectivity index (χ4n) is 6.26. The van der Waals surface area contributed by atoms with E-state index in [1.54, 1.807) is 0 Å². The van der Waals surface area contributed by atoms with Crippen LogP contribution in [-0.4, -0.2) is 37.9 Å². The zero-order valence-corrected chi connectivity index (χ0v) is 36.9. The topological polar surface area (TPSA) is 61.8 Å². The monoisotopic (exact) mass is 781 g/mol. The van der Waals surface area contributed by atoms with Gasteiger partial charge in [-0.05, 0) is 77.0 Å². The number of esters is 2. The van der Waals surface area contributed by atoms with E-state index < -0.39 is 6.10 Å².